The van der Waals surface area contributed by atoms with Crippen LogP contribution in [0.25, 0.3) is 0 Å². The lowest BCUT2D eigenvalue weighted by Crippen LogP contribution is -2.37. The van der Waals surface area contributed by atoms with E-state index in [-0.39, 0.29) is 5.92 Å². The van der Waals surface area contributed by atoms with Crippen LogP contribution in [0.15, 0.2) is 15.9 Å². The molecule has 76 valence electrons. The molecular weight excluding hydrogens is 262 g/mol. The summed E-state index contributed by atoms with van der Waals surface area (Å²) in [5, 5.41) is 5.32. The van der Waals surface area contributed by atoms with Gasteiger partial charge in [-0.2, -0.15) is 0 Å². The Labute approximate surface area is 95.8 Å². The van der Waals surface area contributed by atoms with Crippen LogP contribution < -0.4 is 5.32 Å². The van der Waals surface area contributed by atoms with E-state index in [0.29, 0.717) is 12.2 Å². The van der Waals surface area contributed by atoms with Crippen LogP contribution >= 0.6 is 27.3 Å². The molecule has 1 fully saturated rings. The number of thiophene rings is 1. The molecule has 0 aliphatic carbocycles. The highest BCUT2D eigenvalue weighted by Crippen LogP contribution is 2.26. The number of piperidine rings is 1. The third kappa shape index (κ3) is 2.24. The van der Waals surface area contributed by atoms with Crippen molar-refractivity contribution in [2.45, 2.75) is 12.8 Å². The summed E-state index contributed by atoms with van der Waals surface area (Å²) in [7, 11) is 0. The molecule has 0 bridgehead atoms. The fraction of sp³-hybridized carbons (Fsp3) is 0.500. The zero-order valence-corrected chi connectivity index (χ0v) is 10.2. The summed E-state index contributed by atoms with van der Waals surface area (Å²) in [4.78, 5) is 12.9. The Morgan fingerprint density at radius 2 is 2.50 bits per heavy atom. The zero-order valence-electron chi connectivity index (χ0n) is 7.75. The lowest BCUT2D eigenvalue weighted by atomic mass is 9.94. The number of rotatable bonds is 2. The lowest BCUT2D eigenvalue weighted by Gasteiger charge is -2.21. The number of ketones is 1. The van der Waals surface area contributed by atoms with Gasteiger partial charge < -0.3 is 5.32 Å². The minimum absolute atomic E-state index is 0.179. The Balaban J connectivity index is 2.03. The third-order valence-corrected chi connectivity index (χ3v) is 4.47. The van der Waals surface area contributed by atoms with Crippen molar-refractivity contribution in [1.29, 1.82) is 0 Å². The van der Waals surface area contributed by atoms with E-state index in [1.54, 1.807) is 11.3 Å². The van der Waals surface area contributed by atoms with Gasteiger partial charge in [-0.3, -0.25) is 4.79 Å². The fourth-order valence-corrected chi connectivity index (χ4v) is 3.28. The van der Waals surface area contributed by atoms with Crippen LogP contribution in [0.2, 0.25) is 0 Å². The van der Waals surface area contributed by atoms with Crippen LogP contribution in [-0.4, -0.2) is 18.9 Å². The largest absolute Gasteiger partial charge is 0.316 e. The first-order chi connectivity index (χ1) is 6.77. The quantitative estimate of drug-likeness (QED) is 0.896. The Bertz CT molecular complexity index is 337. The van der Waals surface area contributed by atoms with Gasteiger partial charge in [0.25, 0.3) is 0 Å². The van der Waals surface area contributed by atoms with Crippen molar-refractivity contribution in [3.05, 3.63) is 20.8 Å². The number of carbonyl (C=O) groups excluding carboxylic acids is 1. The maximum absolute atomic E-state index is 11.6. The molecule has 0 aromatic carbocycles. The van der Waals surface area contributed by atoms with Gasteiger partial charge in [-0.05, 0) is 33.8 Å². The molecule has 4 heteroatoms. The Morgan fingerprint density at radius 3 is 3.14 bits per heavy atom. The summed E-state index contributed by atoms with van der Waals surface area (Å²) in [5.74, 6) is 0.586. The van der Waals surface area contributed by atoms with Gasteiger partial charge in [0.15, 0.2) is 0 Å². The molecule has 1 N–H and O–H groups in total. The fourth-order valence-electron chi connectivity index (χ4n) is 1.69. The number of hydrogen-bond donors (Lipinski definition) is 1. The van der Waals surface area contributed by atoms with Crippen molar-refractivity contribution in [1.82, 2.24) is 5.32 Å². The molecule has 2 nitrogen and oxygen atoms in total. The smallest absolute Gasteiger partial charge is 0.138 e. The van der Waals surface area contributed by atoms with Gasteiger partial charge >= 0.3 is 0 Å². The molecule has 14 heavy (non-hydrogen) atoms. The minimum Gasteiger partial charge on any atom is -0.316 e. The topological polar surface area (TPSA) is 29.1 Å². The Hall–Kier alpha value is -0.190. The van der Waals surface area contributed by atoms with Crippen molar-refractivity contribution in [2.75, 3.05) is 13.1 Å². The van der Waals surface area contributed by atoms with Gasteiger partial charge in [-0.15, -0.1) is 11.3 Å². The van der Waals surface area contributed by atoms with Crippen molar-refractivity contribution in [2.24, 2.45) is 5.92 Å². The predicted molar refractivity (Wildman–Crippen MR) is 61.7 cm³/mol. The maximum Gasteiger partial charge on any atom is 0.138 e. The molecule has 2 heterocycles. The highest BCUT2D eigenvalue weighted by Gasteiger charge is 2.23. The van der Waals surface area contributed by atoms with Crippen molar-refractivity contribution < 1.29 is 4.79 Å². The highest BCUT2D eigenvalue weighted by atomic mass is 79.9. The first-order valence-corrected chi connectivity index (χ1v) is 6.40. The Kier molecular flexibility index (Phi) is 3.36. The molecule has 1 atom stereocenters. The molecule has 1 aliphatic heterocycles. The van der Waals surface area contributed by atoms with Crippen molar-refractivity contribution >= 4 is 33.0 Å². The normalized spacial score (nSPS) is 22.6. The van der Waals surface area contributed by atoms with Gasteiger partial charge in [0.1, 0.15) is 5.78 Å². The van der Waals surface area contributed by atoms with Crippen LogP contribution in [0.3, 0.4) is 0 Å². The average molecular weight is 274 g/mol. The molecule has 1 aliphatic rings. The summed E-state index contributed by atoms with van der Waals surface area (Å²) in [5.41, 5.74) is 0. The molecular formula is C10H12BrNOS. The van der Waals surface area contributed by atoms with Crippen LogP contribution in [0.1, 0.15) is 11.3 Å². The van der Waals surface area contributed by atoms with Gasteiger partial charge in [0.05, 0.1) is 0 Å². The number of halogens is 1. The first kappa shape index (κ1) is 10.3. The zero-order chi connectivity index (χ0) is 9.97. The predicted octanol–water partition coefficient (Wildman–Crippen LogP) is 2.23. The standard InChI is InChI=1S/C10H12BrNOS/c11-8-2-4-14-10(8)5-7-6-12-3-1-9(7)13/h2,4,7,12H,1,3,5-6H2. The number of hydrogen-bond acceptors (Lipinski definition) is 3. The summed E-state index contributed by atoms with van der Waals surface area (Å²) < 4.78 is 1.14. The van der Waals surface area contributed by atoms with Crippen LogP contribution in [0.4, 0.5) is 0 Å². The number of carbonyl (C=O) groups is 1. The second kappa shape index (κ2) is 4.55. The molecule has 2 rings (SSSR count). The lowest BCUT2D eigenvalue weighted by molar-refractivity contribution is -0.123. The van der Waals surface area contributed by atoms with E-state index in [1.807, 2.05) is 6.07 Å². The monoisotopic (exact) mass is 273 g/mol. The highest BCUT2D eigenvalue weighted by molar-refractivity contribution is 9.10. The molecule has 0 spiro atoms. The van der Waals surface area contributed by atoms with Crippen LogP contribution in [-0.2, 0) is 11.2 Å². The van der Waals surface area contributed by atoms with E-state index < -0.39 is 0 Å². The van der Waals surface area contributed by atoms with E-state index >= 15 is 0 Å². The van der Waals surface area contributed by atoms with Crippen LogP contribution in [0.5, 0.6) is 0 Å². The molecule has 0 amide bonds. The summed E-state index contributed by atoms with van der Waals surface area (Å²) in [6, 6.07) is 2.04. The van der Waals surface area contributed by atoms with E-state index in [1.165, 1.54) is 4.88 Å². The van der Waals surface area contributed by atoms with Gasteiger partial charge in [-0.25, -0.2) is 0 Å². The number of Topliss-reactive ketones (excluding diaryl/α,β-unsaturated/α-hetero) is 1. The molecule has 0 radical (unpaired) electrons. The average Bonchev–Trinajstić information content (AvgIpc) is 2.56. The summed E-state index contributed by atoms with van der Waals surface area (Å²) in [6.07, 6.45) is 1.57. The second-order valence-electron chi connectivity index (χ2n) is 3.51. The van der Waals surface area contributed by atoms with Crippen molar-refractivity contribution in [3.8, 4) is 0 Å². The molecule has 1 saturated heterocycles. The minimum atomic E-state index is 0.179. The third-order valence-electron chi connectivity index (χ3n) is 2.52. The summed E-state index contributed by atoms with van der Waals surface area (Å²) >= 11 is 5.21. The summed E-state index contributed by atoms with van der Waals surface area (Å²) in [6.45, 7) is 1.68. The molecule has 1 aromatic rings. The molecule has 1 aromatic heterocycles. The molecule has 1 unspecified atom stereocenters. The SMILES string of the molecule is O=C1CCNCC1Cc1sccc1Br. The second-order valence-corrected chi connectivity index (χ2v) is 5.37. The molecule has 0 saturated carbocycles. The van der Waals surface area contributed by atoms with E-state index in [0.717, 1.165) is 24.0 Å². The van der Waals surface area contributed by atoms with E-state index in [9.17, 15) is 4.79 Å². The maximum atomic E-state index is 11.6. The van der Waals surface area contributed by atoms with Gasteiger partial charge in [0, 0.05) is 34.8 Å². The van der Waals surface area contributed by atoms with E-state index in [2.05, 4.69) is 26.6 Å². The van der Waals surface area contributed by atoms with Gasteiger partial charge in [-0.1, -0.05) is 0 Å². The van der Waals surface area contributed by atoms with Crippen molar-refractivity contribution in [3.63, 3.8) is 0 Å². The van der Waals surface area contributed by atoms with Gasteiger partial charge in [0.2, 0.25) is 0 Å². The van der Waals surface area contributed by atoms with E-state index in [4.69, 9.17) is 0 Å². The number of nitrogens with one attached hydrogen (secondary N) is 1. The van der Waals surface area contributed by atoms with Crippen LogP contribution in [0, 0.1) is 5.92 Å². The Morgan fingerprint density at radius 1 is 1.64 bits per heavy atom. The first-order valence-electron chi connectivity index (χ1n) is 4.72.